The molecule has 0 fully saturated rings. The smallest absolute Gasteiger partial charge is 0.336 e. The fourth-order valence-corrected chi connectivity index (χ4v) is 3.02. The average molecular weight is 342 g/mol. The molecule has 128 valence electrons. The van der Waals surface area contributed by atoms with Gasteiger partial charge in [0.1, 0.15) is 0 Å². The summed E-state index contributed by atoms with van der Waals surface area (Å²) < 4.78 is 0. The summed E-state index contributed by atoms with van der Waals surface area (Å²) in [6.45, 7) is 3.82. The number of carboxylic acids is 1. The highest BCUT2D eigenvalue weighted by molar-refractivity contribution is 6.15. The van der Waals surface area contributed by atoms with Crippen molar-refractivity contribution in [3.8, 4) is 0 Å². The summed E-state index contributed by atoms with van der Waals surface area (Å²) >= 11 is 0. The van der Waals surface area contributed by atoms with Gasteiger partial charge in [0.05, 0.1) is 5.56 Å². The average Bonchev–Trinajstić information content (AvgIpc) is 2.68. The van der Waals surface area contributed by atoms with Gasteiger partial charge < -0.3 is 5.11 Å². The van der Waals surface area contributed by atoms with Crippen molar-refractivity contribution < 1.29 is 14.7 Å². The quantitative estimate of drug-likeness (QED) is 0.652. The van der Waals surface area contributed by atoms with E-state index >= 15 is 0 Å². The first-order valence-corrected chi connectivity index (χ1v) is 8.27. The Labute approximate surface area is 152 Å². The summed E-state index contributed by atoms with van der Waals surface area (Å²) in [6, 6.07) is 21.6. The standard InChI is InChI=1S/C23H18O3/c1-2-17-13-14-19(23(25)26)21(22(24)18-11-7-4-8-12-18)20(17)15-16-9-5-3-6-10-16/h2-14H,1,15H2,(H,25,26). The lowest BCUT2D eigenvalue weighted by molar-refractivity contribution is 0.0692. The first-order chi connectivity index (χ1) is 12.6. The zero-order valence-electron chi connectivity index (χ0n) is 14.2. The lowest BCUT2D eigenvalue weighted by atomic mass is 9.87. The second kappa shape index (κ2) is 7.62. The maximum absolute atomic E-state index is 13.2. The van der Waals surface area contributed by atoms with Crippen molar-refractivity contribution in [1.29, 1.82) is 0 Å². The van der Waals surface area contributed by atoms with Gasteiger partial charge in [0.25, 0.3) is 0 Å². The molecule has 3 aromatic carbocycles. The maximum atomic E-state index is 13.2. The molecule has 0 atom stereocenters. The van der Waals surface area contributed by atoms with Gasteiger partial charge in [-0.15, -0.1) is 0 Å². The lowest BCUT2D eigenvalue weighted by Gasteiger charge is -2.15. The molecule has 3 aromatic rings. The van der Waals surface area contributed by atoms with Gasteiger partial charge in [0.15, 0.2) is 5.78 Å². The third-order valence-corrected chi connectivity index (χ3v) is 4.29. The Hall–Kier alpha value is -3.46. The highest BCUT2D eigenvalue weighted by Gasteiger charge is 2.23. The summed E-state index contributed by atoms with van der Waals surface area (Å²) in [5, 5.41) is 9.64. The largest absolute Gasteiger partial charge is 0.478 e. The van der Waals surface area contributed by atoms with Crippen LogP contribution < -0.4 is 0 Å². The summed E-state index contributed by atoms with van der Waals surface area (Å²) in [7, 11) is 0. The number of hydrogen-bond donors (Lipinski definition) is 1. The molecule has 26 heavy (non-hydrogen) atoms. The highest BCUT2D eigenvalue weighted by atomic mass is 16.4. The van der Waals surface area contributed by atoms with Crippen LogP contribution in [0, 0.1) is 0 Å². The molecule has 3 heteroatoms. The molecule has 0 saturated carbocycles. The molecule has 0 bridgehead atoms. The van der Waals surface area contributed by atoms with Crippen LogP contribution in [-0.2, 0) is 6.42 Å². The second-order valence-electron chi connectivity index (χ2n) is 5.92. The van der Waals surface area contributed by atoms with Crippen LogP contribution in [0.4, 0.5) is 0 Å². The highest BCUT2D eigenvalue weighted by Crippen LogP contribution is 2.26. The van der Waals surface area contributed by atoms with Gasteiger partial charge in [0, 0.05) is 11.1 Å². The van der Waals surface area contributed by atoms with Crippen molar-refractivity contribution in [1.82, 2.24) is 0 Å². The summed E-state index contributed by atoms with van der Waals surface area (Å²) in [5.74, 6) is -1.41. The van der Waals surface area contributed by atoms with E-state index in [1.807, 2.05) is 36.4 Å². The molecule has 0 aliphatic heterocycles. The van der Waals surface area contributed by atoms with Gasteiger partial charge in [-0.1, -0.05) is 79.4 Å². The molecular weight excluding hydrogens is 324 g/mol. The summed E-state index contributed by atoms with van der Waals surface area (Å²) in [5.41, 5.74) is 3.14. The van der Waals surface area contributed by atoms with Crippen LogP contribution in [0.15, 0.2) is 79.4 Å². The number of rotatable bonds is 6. The monoisotopic (exact) mass is 342 g/mol. The van der Waals surface area contributed by atoms with Crippen LogP contribution in [0.2, 0.25) is 0 Å². The van der Waals surface area contributed by atoms with Gasteiger partial charge >= 0.3 is 5.97 Å². The summed E-state index contributed by atoms with van der Waals surface area (Å²) in [6.07, 6.45) is 2.11. The molecule has 0 spiro atoms. The van der Waals surface area contributed by atoms with Gasteiger partial charge in [0.2, 0.25) is 0 Å². The fourth-order valence-electron chi connectivity index (χ4n) is 3.02. The van der Waals surface area contributed by atoms with E-state index in [1.54, 1.807) is 36.4 Å². The Bertz CT molecular complexity index is 958. The van der Waals surface area contributed by atoms with E-state index < -0.39 is 5.97 Å². The van der Waals surface area contributed by atoms with E-state index in [2.05, 4.69) is 6.58 Å². The second-order valence-corrected chi connectivity index (χ2v) is 5.92. The minimum Gasteiger partial charge on any atom is -0.478 e. The number of benzene rings is 3. The predicted octanol–water partition coefficient (Wildman–Crippen LogP) is 4.85. The minimum absolute atomic E-state index is 0.00961. The molecule has 0 aliphatic carbocycles. The molecule has 0 heterocycles. The predicted molar refractivity (Wildman–Crippen MR) is 103 cm³/mol. The van der Waals surface area contributed by atoms with Crippen molar-refractivity contribution >= 4 is 17.8 Å². The third kappa shape index (κ3) is 3.47. The Morgan fingerprint density at radius 2 is 1.50 bits per heavy atom. The van der Waals surface area contributed by atoms with E-state index in [0.29, 0.717) is 17.5 Å². The van der Waals surface area contributed by atoms with Crippen LogP contribution in [0.3, 0.4) is 0 Å². The van der Waals surface area contributed by atoms with Gasteiger partial charge in [-0.25, -0.2) is 4.79 Å². The molecule has 1 N–H and O–H groups in total. The molecule has 3 nitrogen and oxygen atoms in total. The summed E-state index contributed by atoms with van der Waals surface area (Å²) in [4.78, 5) is 24.9. The van der Waals surface area contributed by atoms with Crippen LogP contribution in [-0.4, -0.2) is 16.9 Å². The molecule has 0 aromatic heterocycles. The van der Waals surface area contributed by atoms with Crippen LogP contribution in [0.1, 0.15) is 43.0 Å². The van der Waals surface area contributed by atoms with Crippen LogP contribution >= 0.6 is 0 Å². The Morgan fingerprint density at radius 1 is 0.885 bits per heavy atom. The van der Waals surface area contributed by atoms with Gasteiger partial charge in [-0.05, 0) is 29.2 Å². The van der Waals surface area contributed by atoms with Gasteiger partial charge in [-0.2, -0.15) is 0 Å². The lowest BCUT2D eigenvalue weighted by Crippen LogP contribution is -2.14. The molecule has 0 unspecified atom stereocenters. The molecule has 0 radical (unpaired) electrons. The van der Waals surface area contributed by atoms with Crippen molar-refractivity contribution in [3.63, 3.8) is 0 Å². The zero-order chi connectivity index (χ0) is 18.5. The Morgan fingerprint density at radius 3 is 2.08 bits per heavy atom. The van der Waals surface area contributed by atoms with Crippen molar-refractivity contribution in [2.45, 2.75) is 6.42 Å². The number of carbonyl (C=O) groups excluding carboxylic acids is 1. The van der Waals surface area contributed by atoms with E-state index in [1.165, 1.54) is 6.07 Å². The number of carbonyl (C=O) groups is 2. The minimum atomic E-state index is -1.12. The van der Waals surface area contributed by atoms with Crippen molar-refractivity contribution in [3.05, 3.63) is 113 Å². The van der Waals surface area contributed by atoms with E-state index in [-0.39, 0.29) is 16.9 Å². The van der Waals surface area contributed by atoms with Crippen molar-refractivity contribution in [2.24, 2.45) is 0 Å². The number of hydrogen-bond acceptors (Lipinski definition) is 2. The number of aromatic carboxylic acids is 1. The molecule has 0 aliphatic rings. The van der Waals surface area contributed by atoms with Gasteiger partial charge in [-0.3, -0.25) is 4.79 Å². The molecular formula is C23H18O3. The van der Waals surface area contributed by atoms with Crippen LogP contribution in [0.25, 0.3) is 6.08 Å². The first kappa shape index (κ1) is 17.4. The molecule has 0 saturated heterocycles. The topological polar surface area (TPSA) is 54.4 Å². The number of ketones is 1. The SMILES string of the molecule is C=Cc1ccc(C(=O)O)c(C(=O)c2ccccc2)c1Cc1ccccc1. The van der Waals surface area contributed by atoms with E-state index in [4.69, 9.17) is 0 Å². The Balaban J connectivity index is 2.23. The molecule has 0 amide bonds. The normalized spacial score (nSPS) is 10.3. The van der Waals surface area contributed by atoms with Crippen LogP contribution in [0.5, 0.6) is 0 Å². The Kier molecular flexibility index (Phi) is 5.09. The van der Waals surface area contributed by atoms with E-state index in [0.717, 1.165) is 11.1 Å². The fraction of sp³-hybridized carbons (Fsp3) is 0.0435. The van der Waals surface area contributed by atoms with Crippen molar-refractivity contribution in [2.75, 3.05) is 0 Å². The number of carboxylic acid groups (broad SMARTS) is 1. The molecule has 3 rings (SSSR count). The zero-order valence-corrected chi connectivity index (χ0v) is 14.2. The first-order valence-electron chi connectivity index (χ1n) is 8.27. The van der Waals surface area contributed by atoms with E-state index in [9.17, 15) is 14.7 Å². The maximum Gasteiger partial charge on any atom is 0.336 e. The third-order valence-electron chi connectivity index (χ3n) is 4.29.